The number of fused-ring (bicyclic) bond motifs is 2. The molecule has 1 N–H and O–H groups in total. The van der Waals surface area contributed by atoms with Gasteiger partial charge in [-0.15, -0.1) is 0 Å². The van der Waals surface area contributed by atoms with E-state index >= 15 is 0 Å². The molecule has 0 aliphatic carbocycles. The van der Waals surface area contributed by atoms with Gasteiger partial charge in [-0.05, 0) is 47.9 Å². The number of rotatable bonds is 6. The molecule has 0 unspecified atom stereocenters. The van der Waals surface area contributed by atoms with Gasteiger partial charge in [0.15, 0.2) is 11.5 Å². The second kappa shape index (κ2) is 9.31. The minimum Gasteiger partial charge on any atom is -0.454 e. The summed E-state index contributed by atoms with van der Waals surface area (Å²) in [6.07, 6.45) is 0. The number of nitrogens with one attached hydrogen (secondary N) is 1. The van der Waals surface area contributed by atoms with E-state index in [1.807, 2.05) is 85.8 Å². The van der Waals surface area contributed by atoms with Crippen LogP contribution in [0.4, 0.5) is 0 Å². The number of carbonyl (C=O) groups is 1. The molecule has 0 radical (unpaired) electrons. The minimum absolute atomic E-state index is 0.146. The van der Waals surface area contributed by atoms with Crippen LogP contribution in [0.5, 0.6) is 11.5 Å². The Morgan fingerprint density at radius 1 is 0.946 bits per heavy atom. The van der Waals surface area contributed by atoms with Crippen molar-refractivity contribution in [2.45, 2.75) is 20.0 Å². The molecule has 0 fully saturated rings. The predicted molar refractivity (Wildman–Crippen MR) is 140 cm³/mol. The van der Waals surface area contributed by atoms with Crippen LogP contribution in [0, 0.1) is 6.92 Å². The van der Waals surface area contributed by atoms with Crippen LogP contribution in [0.3, 0.4) is 0 Å². The maximum absolute atomic E-state index is 13.5. The van der Waals surface area contributed by atoms with Gasteiger partial charge in [-0.3, -0.25) is 14.2 Å². The van der Waals surface area contributed by atoms with Gasteiger partial charge in [0.1, 0.15) is 12.2 Å². The van der Waals surface area contributed by atoms with E-state index in [0.29, 0.717) is 23.7 Å². The molecule has 3 heterocycles. The van der Waals surface area contributed by atoms with E-state index in [-0.39, 0.29) is 24.8 Å². The van der Waals surface area contributed by atoms with Gasteiger partial charge < -0.3 is 14.8 Å². The van der Waals surface area contributed by atoms with Crippen molar-refractivity contribution in [1.82, 2.24) is 19.7 Å². The Balaban J connectivity index is 1.39. The van der Waals surface area contributed by atoms with Gasteiger partial charge >= 0.3 is 0 Å². The fourth-order valence-corrected chi connectivity index (χ4v) is 4.66. The third-order valence-corrected chi connectivity index (χ3v) is 6.41. The van der Waals surface area contributed by atoms with Gasteiger partial charge in [-0.2, -0.15) is 5.10 Å². The van der Waals surface area contributed by atoms with Crippen molar-refractivity contribution < 1.29 is 14.3 Å². The molecule has 1 aliphatic heterocycles. The van der Waals surface area contributed by atoms with Gasteiger partial charge in [0.05, 0.1) is 11.4 Å². The number of nitrogens with zero attached hydrogens (tertiary/aromatic N) is 3. The van der Waals surface area contributed by atoms with Crippen molar-refractivity contribution in [3.8, 4) is 28.3 Å². The lowest BCUT2D eigenvalue weighted by Crippen LogP contribution is -2.32. The summed E-state index contributed by atoms with van der Waals surface area (Å²) in [5.41, 5.74) is 4.46. The summed E-state index contributed by atoms with van der Waals surface area (Å²) in [7, 11) is 0. The van der Waals surface area contributed by atoms with Gasteiger partial charge in [0.25, 0.3) is 5.56 Å². The zero-order valence-electron chi connectivity index (χ0n) is 20.2. The quantitative estimate of drug-likeness (QED) is 0.384. The molecule has 0 atom stereocenters. The van der Waals surface area contributed by atoms with E-state index in [4.69, 9.17) is 14.6 Å². The van der Waals surface area contributed by atoms with Crippen LogP contribution >= 0.6 is 0 Å². The standard InChI is InChI=1S/C29H24N4O4/c1-19-28-23(21-8-4-2-5-9-21)15-27(35)32(29(28)33(31-19)22-10-6-3-7-11-22)17-26(34)30-16-20-12-13-24-25(14-20)37-18-36-24/h2-15H,16-18H2,1H3,(H,30,34). The average Bonchev–Trinajstić information content (AvgIpc) is 3.54. The Morgan fingerprint density at radius 3 is 2.46 bits per heavy atom. The first-order chi connectivity index (χ1) is 18.1. The first-order valence-corrected chi connectivity index (χ1v) is 12.0. The molecule has 0 saturated heterocycles. The van der Waals surface area contributed by atoms with Crippen molar-refractivity contribution in [3.63, 3.8) is 0 Å². The van der Waals surface area contributed by atoms with E-state index in [1.165, 1.54) is 4.57 Å². The molecule has 37 heavy (non-hydrogen) atoms. The number of ether oxygens (including phenoxy) is 2. The highest BCUT2D eigenvalue weighted by Crippen LogP contribution is 2.33. The first kappa shape index (κ1) is 22.6. The number of hydrogen-bond acceptors (Lipinski definition) is 5. The average molecular weight is 493 g/mol. The summed E-state index contributed by atoms with van der Waals surface area (Å²) in [6, 6.07) is 26.5. The first-order valence-electron chi connectivity index (χ1n) is 12.0. The molecule has 1 amide bonds. The summed E-state index contributed by atoms with van der Waals surface area (Å²) in [4.78, 5) is 26.5. The number of hydrogen-bond donors (Lipinski definition) is 1. The lowest BCUT2D eigenvalue weighted by Gasteiger charge is -2.14. The zero-order valence-corrected chi connectivity index (χ0v) is 20.2. The number of aromatic nitrogens is 3. The molecule has 0 bridgehead atoms. The topological polar surface area (TPSA) is 87.4 Å². The molecule has 3 aromatic carbocycles. The van der Waals surface area contributed by atoms with E-state index in [2.05, 4.69) is 5.32 Å². The lowest BCUT2D eigenvalue weighted by molar-refractivity contribution is -0.121. The Bertz CT molecular complexity index is 1670. The van der Waals surface area contributed by atoms with Gasteiger partial charge in [-0.1, -0.05) is 54.6 Å². The second-order valence-electron chi connectivity index (χ2n) is 8.84. The van der Waals surface area contributed by atoms with Crippen LogP contribution in [0.25, 0.3) is 27.8 Å². The number of carbonyl (C=O) groups excluding carboxylic acids is 1. The largest absolute Gasteiger partial charge is 0.454 e. The number of pyridine rings is 1. The molecular formula is C29H24N4O4. The highest BCUT2D eigenvalue weighted by Gasteiger charge is 2.21. The second-order valence-corrected chi connectivity index (χ2v) is 8.84. The molecule has 0 saturated carbocycles. The third-order valence-electron chi connectivity index (χ3n) is 6.41. The normalized spacial score (nSPS) is 12.1. The Hall–Kier alpha value is -4.85. The maximum atomic E-state index is 13.5. The number of para-hydroxylation sites is 1. The fourth-order valence-electron chi connectivity index (χ4n) is 4.66. The van der Waals surface area contributed by atoms with Crippen LogP contribution < -0.4 is 20.3 Å². The van der Waals surface area contributed by atoms with Crippen molar-refractivity contribution in [2.75, 3.05) is 6.79 Å². The lowest BCUT2D eigenvalue weighted by atomic mass is 10.0. The maximum Gasteiger partial charge on any atom is 0.253 e. The van der Waals surface area contributed by atoms with E-state index in [1.54, 1.807) is 10.7 Å². The van der Waals surface area contributed by atoms with Crippen molar-refractivity contribution in [2.24, 2.45) is 0 Å². The zero-order chi connectivity index (χ0) is 25.4. The molecule has 8 nitrogen and oxygen atoms in total. The Labute approximate surface area is 212 Å². The SMILES string of the molecule is Cc1nn(-c2ccccc2)c2c1c(-c1ccccc1)cc(=O)n2CC(=O)NCc1ccc2c(c1)OCO2. The Morgan fingerprint density at radius 2 is 1.68 bits per heavy atom. The van der Waals surface area contributed by atoms with Crippen LogP contribution in [0.2, 0.25) is 0 Å². The minimum atomic E-state index is -0.285. The van der Waals surface area contributed by atoms with Crippen LogP contribution in [0.15, 0.2) is 89.7 Å². The summed E-state index contributed by atoms with van der Waals surface area (Å²) >= 11 is 0. The number of benzene rings is 3. The van der Waals surface area contributed by atoms with Gasteiger partial charge in [0.2, 0.25) is 12.7 Å². The smallest absolute Gasteiger partial charge is 0.253 e. The van der Waals surface area contributed by atoms with Crippen molar-refractivity contribution in [3.05, 3.63) is 107 Å². The molecule has 6 rings (SSSR count). The Kier molecular flexibility index (Phi) is 5.69. The van der Waals surface area contributed by atoms with E-state index in [9.17, 15) is 9.59 Å². The summed E-state index contributed by atoms with van der Waals surface area (Å²) in [5.74, 6) is 1.06. The van der Waals surface area contributed by atoms with E-state index in [0.717, 1.165) is 33.5 Å². The van der Waals surface area contributed by atoms with Crippen LogP contribution in [-0.2, 0) is 17.9 Å². The molecule has 184 valence electrons. The number of aryl methyl sites for hydroxylation is 1. The van der Waals surface area contributed by atoms with Gasteiger partial charge in [0, 0.05) is 18.0 Å². The highest BCUT2D eigenvalue weighted by atomic mass is 16.7. The summed E-state index contributed by atoms with van der Waals surface area (Å²) in [5, 5.41) is 8.53. The predicted octanol–water partition coefficient (Wildman–Crippen LogP) is 4.21. The monoisotopic (exact) mass is 492 g/mol. The molecule has 2 aromatic heterocycles. The summed E-state index contributed by atoms with van der Waals surface area (Å²) < 4.78 is 14.0. The molecule has 5 aromatic rings. The summed E-state index contributed by atoms with van der Waals surface area (Å²) in [6.45, 7) is 2.26. The third kappa shape index (κ3) is 4.23. The molecular weight excluding hydrogens is 468 g/mol. The van der Waals surface area contributed by atoms with E-state index < -0.39 is 0 Å². The molecule has 8 heteroatoms. The fraction of sp³-hybridized carbons (Fsp3) is 0.138. The number of amides is 1. The van der Waals surface area contributed by atoms with Crippen molar-refractivity contribution in [1.29, 1.82) is 0 Å². The molecule has 1 aliphatic rings. The van der Waals surface area contributed by atoms with Crippen LogP contribution in [-0.4, -0.2) is 27.0 Å². The van der Waals surface area contributed by atoms with Gasteiger partial charge in [-0.25, -0.2) is 4.68 Å². The molecule has 0 spiro atoms. The van der Waals surface area contributed by atoms with Crippen molar-refractivity contribution >= 4 is 16.9 Å². The highest BCUT2D eigenvalue weighted by molar-refractivity contribution is 5.96. The van der Waals surface area contributed by atoms with Crippen LogP contribution in [0.1, 0.15) is 11.3 Å².